The molecule has 0 saturated carbocycles. The number of carbonyl (C=O) groups is 1. The number of benzene rings is 2. The molecule has 0 radical (unpaired) electrons. The lowest BCUT2D eigenvalue weighted by Crippen LogP contribution is -2.22. The van der Waals surface area contributed by atoms with Crippen molar-refractivity contribution in [1.29, 1.82) is 0 Å². The Hall–Kier alpha value is -2.82. The minimum Gasteiger partial charge on any atom is -0.497 e. The Morgan fingerprint density at radius 2 is 2.16 bits per heavy atom. The monoisotopic (exact) mass is 335 g/mol. The molecule has 3 aromatic rings. The first-order valence-corrected chi connectivity index (χ1v) is 8.65. The van der Waals surface area contributed by atoms with E-state index in [0.717, 1.165) is 41.1 Å². The Labute approximate surface area is 146 Å². The van der Waals surface area contributed by atoms with Crippen LogP contribution in [0, 0.1) is 0 Å². The van der Waals surface area contributed by atoms with Crippen molar-refractivity contribution in [2.24, 2.45) is 0 Å². The zero-order valence-electron chi connectivity index (χ0n) is 14.3. The molecule has 1 N–H and O–H groups in total. The van der Waals surface area contributed by atoms with Gasteiger partial charge in [0.2, 0.25) is 0 Å². The molecule has 0 saturated heterocycles. The topological polar surface area (TPSA) is 56.1 Å². The zero-order valence-corrected chi connectivity index (χ0v) is 14.3. The molecule has 1 aliphatic rings. The summed E-state index contributed by atoms with van der Waals surface area (Å²) in [5.74, 6) is 1.84. The normalized spacial score (nSPS) is 13.5. The number of amides is 1. The number of aromatic nitrogens is 2. The first-order chi connectivity index (χ1) is 12.2. The van der Waals surface area contributed by atoms with E-state index in [2.05, 4.69) is 9.88 Å². The lowest BCUT2D eigenvalue weighted by molar-refractivity contribution is 0.0951. The zero-order chi connectivity index (χ0) is 17.2. The first kappa shape index (κ1) is 15.7. The largest absolute Gasteiger partial charge is 0.497 e. The molecule has 0 bridgehead atoms. The van der Waals surface area contributed by atoms with Crippen molar-refractivity contribution >= 4 is 16.9 Å². The van der Waals surface area contributed by atoms with Crippen LogP contribution in [-0.4, -0.2) is 22.6 Å². The van der Waals surface area contributed by atoms with Crippen LogP contribution in [0.4, 0.5) is 0 Å². The van der Waals surface area contributed by atoms with Crippen molar-refractivity contribution in [3.05, 3.63) is 59.4 Å². The predicted octanol–water partition coefficient (Wildman–Crippen LogP) is 3.31. The molecule has 5 nitrogen and oxygen atoms in total. The fraction of sp³-hybridized carbons (Fsp3) is 0.300. The van der Waals surface area contributed by atoms with Crippen molar-refractivity contribution in [2.45, 2.75) is 32.4 Å². The van der Waals surface area contributed by atoms with E-state index in [0.29, 0.717) is 12.1 Å². The third kappa shape index (κ3) is 3.09. The van der Waals surface area contributed by atoms with Gasteiger partial charge in [-0.15, -0.1) is 0 Å². The summed E-state index contributed by atoms with van der Waals surface area (Å²) in [6.07, 6.45) is 3.41. The van der Waals surface area contributed by atoms with Crippen LogP contribution in [-0.2, 0) is 19.5 Å². The maximum atomic E-state index is 12.5. The third-order valence-corrected chi connectivity index (χ3v) is 4.71. The lowest BCUT2D eigenvalue weighted by atomic mass is 10.1. The van der Waals surface area contributed by atoms with Gasteiger partial charge >= 0.3 is 0 Å². The number of hydrogen-bond acceptors (Lipinski definition) is 3. The third-order valence-electron chi connectivity index (χ3n) is 4.71. The molecule has 2 heterocycles. The molecule has 25 heavy (non-hydrogen) atoms. The number of nitrogens with one attached hydrogen (secondary N) is 1. The number of fused-ring (bicyclic) bond motifs is 3. The number of ether oxygens (including phenoxy) is 1. The Morgan fingerprint density at radius 1 is 1.24 bits per heavy atom. The van der Waals surface area contributed by atoms with Crippen molar-refractivity contribution in [2.75, 3.05) is 7.11 Å². The highest BCUT2D eigenvalue weighted by molar-refractivity contribution is 5.97. The van der Waals surface area contributed by atoms with Gasteiger partial charge in [0, 0.05) is 25.1 Å². The minimum atomic E-state index is -0.0873. The van der Waals surface area contributed by atoms with Crippen LogP contribution < -0.4 is 10.1 Å². The molecule has 1 amide bonds. The highest BCUT2D eigenvalue weighted by Gasteiger charge is 2.16. The van der Waals surface area contributed by atoms with Gasteiger partial charge in [-0.2, -0.15) is 0 Å². The summed E-state index contributed by atoms with van der Waals surface area (Å²) in [5.41, 5.74) is 3.68. The second-order valence-corrected chi connectivity index (χ2v) is 6.37. The second kappa shape index (κ2) is 6.59. The van der Waals surface area contributed by atoms with Crippen molar-refractivity contribution in [1.82, 2.24) is 14.9 Å². The second-order valence-electron chi connectivity index (χ2n) is 6.37. The van der Waals surface area contributed by atoms with Gasteiger partial charge in [0.25, 0.3) is 5.91 Å². The molecule has 1 aliphatic heterocycles. The van der Waals surface area contributed by atoms with E-state index in [4.69, 9.17) is 9.72 Å². The molecule has 0 atom stereocenters. The van der Waals surface area contributed by atoms with Crippen molar-refractivity contribution < 1.29 is 9.53 Å². The molecule has 0 aliphatic carbocycles. The van der Waals surface area contributed by atoms with E-state index in [1.54, 1.807) is 7.11 Å². The Bertz CT molecular complexity index is 930. The van der Waals surface area contributed by atoms with Crippen LogP contribution in [0.15, 0.2) is 42.5 Å². The van der Waals surface area contributed by atoms with E-state index in [1.165, 1.54) is 12.8 Å². The van der Waals surface area contributed by atoms with Gasteiger partial charge in [-0.25, -0.2) is 4.98 Å². The molecule has 0 fully saturated rings. The average molecular weight is 335 g/mol. The van der Waals surface area contributed by atoms with Gasteiger partial charge in [-0.1, -0.05) is 12.1 Å². The van der Waals surface area contributed by atoms with Gasteiger partial charge < -0.3 is 14.6 Å². The van der Waals surface area contributed by atoms with E-state index >= 15 is 0 Å². The molecule has 5 heteroatoms. The predicted molar refractivity (Wildman–Crippen MR) is 96.8 cm³/mol. The number of aryl methyl sites for hydroxylation is 2. The molecule has 1 aromatic heterocycles. The fourth-order valence-corrected chi connectivity index (χ4v) is 3.38. The number of rotatable bonds is 4. The van der Waals surface area contributed by atoms with E-state index < -0.39 is 0 Å². The SMILES string of the molecule is COc1cccc(CNC(=O)c2ccc3c(c2)nc2n3CCCC2)c1. The van der Waals surface area contributed by atoms with Crippen LogP contribution in [0.2, 0.25) is 0 Å². The summed E-state index contributed by atoms with van der Waals surface area (Å²) in [7, 11) is 1.64. The van der Waals surface area contributed by atoms with Crippen LogP contribution in [0.1, 0.15) is 34.6 Å². The van der Waals surface area contributed by atoms with Gasteiger partial charge in [0.05, 0.1) is 18.1 Å². The van der Waals surface area contributed by atoms with E-state index in [-0.39, 0.29) is 5.91 Å². The molecule has 0 unspecified atom stereocenters. The quantitative estimate of drug-likeness (QED) is 0.796. The van der Waals surface area contributed by atoms with Gasteiger partial charge in [0.1, 0.15) is 11.6 Å². The highest BCUT2D eigenvalue weighted by atomic mass is 16.5. The molecule has 4 rings (SSSR count). The standard InChI is InChI=1S/C20H21N3O2/c1-25-16-6-4-5-14(11-16)13-21-20(24)15-8-9-18-17(12-15)22-19-7-2-3-10-23(18)19/h4-6,8-9,11-12H,2-3,7,10,13H2,1H3,(H,21,24). The maximum absolute atomic E-state index is 12.5. The average Bonchev–Trinajstić information content (AvgIpc) is 3.04. The summed E-state index contributed by atoms with van der Waals surface area (Å²) in [6, 6.07) is 13.5. The van der Waals surface area contributed by atoms with Crippen LogP contribution >= 0.6 is 0 Å². The molecule has 0 spiro atoms. The van der Waals surface area contributed by atoms with Gasteiger partial charge in [0.15, 0.2) is 0 Å². The van der Waals surface area contributed by atoms with Gasteiger partial charge in [-0.05, 0) is 48.7 Å². The summed E-state index contributed by atoms with van der Waals surface area (Å²) >= 11 is 0. The van der Waals surface area contributed by atoms with Crippen molar-refractivity contribution in [3.63, 3.8) is 0 Å². The number of carbonyl (C=O) groups excluding carboxylic acids is 1. The summed E-state index contributed by atoms with van der Waals surface area (Å²) in [5, 5.41) is 2.96. The summed E-state index contributed by atoms with van der Waals surface area (Å²) in [4.78, 5) is 17.2. The highest BCUT2D eigenvalue weighted by Crippen LogP contribution is 2.23. The van der Waals surface area contributed by atoms with E-state index in [1.807, 2.05) is 42.5 Å². The Morgan fingerprint density at radius 3 is 3.04 bits per heavy atom. The molecule has 128 valence electrons. The smallest absolute Gasteiger partial charge is 0.251 e. The fourth-order valence-electron chi connectivity index (χ4n) is 3.38. The van der Waals surface area contributed by atoms with Gasteiger partial charge in [-0.3, -0.25) is 4.79 Å². The Balaban J connectivity index is 1.51. The summed E-state index contributed by atoms with van der Waals surface area (Å²) < 4.78 is 7.49. The number of methoxy groups -OCH3 is 1. The number of hydrogen-bond donors (Lipinski definition) is 1. The van der Waals surface area contributed by atoms with Crippen molar-refractivity contribution in [3.8, 4) is 5.75 Å². The summed E-state index contributed by atoms with van der Waals surface area (Å²) in [6.45, 7) is 1.49. The first-order valence-electron chi connectivity index (χ1n) is 8.65. The Kier molecular flexibility index (Phi) is 4.14. The van der Waals surface area contributed by atoms with Crippen LogP contribution in [0.25, 0.3) is 11.0 Å². The molecular weight excluding hydrogens is 314 g/mol. The lowest BCUT2D eigenvalue weighted by Gasteiger charge is -2.13. The molecular formula is C20H21N3O2. The molecule has 2 aromatic carbocycles. The van der Waals surface area contributed by atoms with E-state index in [9.17, 15) is 4.79 Å². The minimum absolute atomic E-state index is 0.0873. The van der Waals surface area contributed by atoms with Crippen LogP contribution in [0.3, 0.4) is 0 Å². The van der Waals surface area contributed by atoms with Crippen LogP contribution in [0.5, 0.6) is 5.75 Å². The number of nitrogens with zero attached hydrogens (tertiary/aromatic N) is 2. The maximum Gasteiger partial charge on any atom is 0.251 e. The number of imidazole rings is 1.